The van der Waals surface area contributed by atoms with Crippen molar-refractivity contribution in [1.29, 1.82) is 0 Å². The average molecular weight is 419 g/mol. The number of aromatic nitrogens is 1. The van der Waals surface area contributed by atoms with E-state index < -0.39 is 4.92 Å². The zero-order valence-corrected chi connectivity index (χ0v) is 16.6. The summed E-state index contributed by atoms with van der Waals surface area (Å²) in [4.78, 5) is 29.4. The highest BCUT2D eigenvalue weighted by Gasteiger charge is 2.19. The smallest absolute Gasteiger partial charge is 0.295 e. The number of para-hydroxylation sites is 2. The van der Waals surface area contributed by atoms with E-state index >= 15 is 0 Å². The van der Waals surface area contributed by atoms with E-state index in [1.165, 1.54) is 6.07 Å². The van der Waals surface area contributed by atoms with E-state index in [0.29, 0.717) is 32.5 Å². The van der Waals surface area contributed by atoms with Gasteiger partial charge in [-0.25, -0.2) is 4.98 Å². The molecule has 0 radical (unpaired) electrons. The molecule has 1 aromatic heterocycles. The fraction of sp³-hybridized carbons (Fsp3) is 0.158. The van der Waals surface area contributed by atoms with Crippen LogP contribution in [0.1, 0.15) is 5.69 Å². The maximum atomic E-state index is 12.5. The largest absolute Gasteiger partial charge is 0.365 e. The Morgan fingerprint density at radius 1 is 1.21 bits per heavy atom. The van der Waals surface area contributed by atoms with Crippen LogP contribution in [-0.2, 0) is 4.79 Å². The van der Waals surface area contributed by atoms with Crippen LogP contribution < -0.4 is 10.2 Å². The lowest BCUT2D eigenvalue weighted by Gasteiger charge is -2.21. The minimum absolute atomic E-state index is 0.0111. The predicted molar refractivity (Wildman–Crippen MR) is 111 cm³/mol. The molecule has 0 atom stereocenters. The second kappa shape index (κ2) is 8.00. The number of rotatable bonds is 5. The summed E-state index contributed by atoms with van der Waals surface area (Å²) in [6, 6.07) is 11.5. The van der Waals surface area contributed by atoms with Crippen LogP contribution in [0.3, 0.4) is 0 Å². The number of hydrogen-bond acceptors (Lipinski definition) is 5. The van der Waals surface area contributed by atoms with Gasteiger partial charge in [-0.2, -0.15) is 0 Å². The number of carbonyl (C=O) groups is 1. The van der Waals surface area contributed by atoms with Gasteiger partial charge in [-0.3, -0.25) is 14.9 Å². The van der Waals surface area contributed by atoms with Crippen LogP contribution in [0.5, 0.6) is 0 Å². The van der Waals surface area contributed by atoms with Gasteiger partial charge in [0, 0.05) is 29.9 Å². The molecule has 144 valence electrons. The summed E-state index contributed by atoms with van der Waals surface area (Å²) >= 11 is 12.2. The van der Waals surface area contributed by atoms with Gasteiger partial charge >= 0.3 is 0 Å². The average Bonchev–Trinajstić information content (AvgIpc) is 2.63. The molecular weight excluding hydrogens is 403 g/mol. The third-order valence-electron chi connectivity index (χ3n) is 4.14. The monoisotopic (exact) mass is 418 g/mol. The fourth-order valence-corrected chi connectivity index (χ4v) is 3.39. The molecular formula is C19H16Cl2N4O3. The van der Waals surface area contributed by atoms with Gasteiger partial charge in [0.2, 0.25) is 5.91 Å². The Balaban J connectivity index is 1.91. The lowest BCUT2D eigenvalue weighted by atomic mass is 10.1. The third kappa shape index (κ3) is 4.00. The number of nitro benzene ring substituents is 1. The highest BCUT2D eigenvalue weighted by molar-refractivity contribution is 6.39. The summed E-state index contributed by atoms with van der Waals surface area (Å²) in [5.74, 6) is -0.328. The number of carbonyl (C=O) groups excluding carboxylic acids is 1. The van der Waals surface area contributed by atoms with Crippen LogP contribution in [0.4, 0.5) is 17.1 Å². The van der Waals surface area contributed by atoms with Crippen LogP contribution in [0.2, 0.25) is 10.0 Å². The zero-order chi connectivity index (χ0) is 20.4. The number of nitro groups is 1. The molecule has 7 nitrogen and oxygen atoms in total. The van der Waals surface area contributed by atoms with Crippen LogP contribution in [-0.4, -0.2) is 29.4 Å². The molecule has 1 N–H and O–H groups in total. The first-order chi connectivity index (χ1) is 13.3. The lowest BCUT2D eigenvalue weighted by molar-refractivity contribution is -0.383. The molecule has 0 aliphatic heterocycles. The molecule has 0 aliphatic carbocycles. The lowest BCUT2D eigenvalue weighted by Crippen LogP contribution is -2.30. The van der Waals surface area contributed by atoms with Crippen molar-refractivity contribution in [2.24, 2.45) is 0 Å². The number of benzene rings is 2. The van der Waals surface area contributed by atoms with Crippen molar-refractivity contribution < 1.29 is 9.72 Å². The number of amides is 1. The van der Waals surface area contributed by atoms with Crippen molar-refractivity contribution in [3.8, 4) is 0 Å². The normalized spacial score (nSPS) is 10.7. The van der Waals surface area contributed by atoms with Crippen molar-refractivity contribution in [2.75, 3.05) is 23.8 Å². The number of nitrogens with zero attached hydrogens (tertiary/aromatic N) is 3. The molecule has 2 aromatic carbocycles. The number of halogens is 2. The summed E-state index contributed by atoms with van der Waals surface area (Å²) in [5, 5.41) is 15.3. The van der Waals surface area contributed by atoms with Gasteiger partial charge in [-0.15, -0.1) is 0 Å². The van der Waals surface area contributed by atoms with E-state index in [1.54, 1.807) is 55.3 Å². The number of non-ortho nitro benzene ring substituents is 1. The van der Waals surface area contributed by atoms with Gasteiger partial charge in [-0.05, 0) is 25.1 Å². The first-order valence-electron chi connectivity index (χ1n) is 8.27. The number of anilines is 2. The molecule has 0 saturated carbocycles. The van der Waals surface area contributed by atoms with Crippen molar-refractivity contribution in [1.82, 2.24) is 4.98 Å². The molecule has 1 heterocycles. The first kappa shape index (κ1) is 19.9. The van der Waals surface area contributed by atoms with Gasteiger partial charge in [0.15, 0.2) is 5.52 Å². The molecule has 28 heavy (non-hydrogen) atoms. The van der Waals surface area contributed by atoms with E-state index in [4.69, 9.17) is 23.2 Å². The van der Waals surface area contributed by atoms with Crippen molar-refractivity contribution >= 4 is 57.1 Å². The van der Waals surface area contributed by atoms with E-state index in [-0.39, 0.29) is 23.7 Å². The predicted octanol–water partition coefficient (Wildman–Crippen LogP) is 4.83. The molecule has 0 aliphatic rings. The maximum Gasteiger partial charge on any atom is 0.295 e. The zero-order valence-electron chi connectivity index (χ0n) is 15.1. The Morgan fingerprint density at radius 3 is 2.50 bits per heavy atom. The highest BCUT2D eigenvalue weighted by atomic mass is 35.5. The Morgan fingerprint density at radius 2 is 1.86 bits per heavy atom. The molecule has 9 heteroatoms. The summed E-state index contributed by atoms with van der Waals surface area (Å²) in [6.45, 7) is 1.74. The molecule has 0 saturated heterocycles. The van der Waals surface area contributed by atoms with E-state index in [0.717, 1.165) is 0 Å². The summed E-state index contributed by atoms with van der Waals surface area (Å²) < 4.78 is 0. The Hall–Kier alpha value is -2.90. The molecule has 0 unspecified atom stereocenters. The van der Waals surface area contributed by atoms with Crippen LogP contribution in [0.25, 0.3) is 10.9 Å². The number of hydrogen-bond donors (Lipinski definition) is 1. The topological polar surface area (TPSA) is 88.4 Å². The minimum Gasteiger partial charge on any atom is -0.365 e. The standard InChI is InChI=1S/C19H16Cl2N4O3/c1-11-9-16(12-5-3-8-15(25(27)28)18(12)22-11)24(2)10-17(26)23-19-13(20)6-4-7-14(19)21/h3-9H,10H2,1-2H3,(H,23,26). The van der Waals surface area contributed by atoms with Crippen LogP contribution in [0.15, 0.2) is 42.5 Å². The summed E-state index contributed by atoms with van der Waals surface area (Å²) in [6.07, 6.45) is 0. The first-order valence-corrected chi connectivity index (χ1v) is 9.03. The Bertz CT molecular complexity index is 1070. The number of aryl methyl sites for hydroxylation is 1. The summed E-state index contributed by atoms with van der Waals surface area (Å²) in [7, 11) is 1.72. The molecule has 1 amide bonds. The number of pyridine rings is 1. The molecule has 3 rings (SSSR count). The molecule has 0 bridgehead atoms. The van der Waals surface area contributed by atoms with Crippen LogP contribution >= 0.6 is 23.2 Å². The maximum absolute atomic E-state index is 12.5. The Kier molecular flexibility index (Phi) is 5.67. The molecule has 0 spiro atoms. The molecule has 0 fully saturated rings. The highest BCUT2D eigenvalue weighted by Crippen LogP contribution is 2.32. The fourth-order valence-electron chi connectivity index (χ4n) is 2.90. The van der Waals surface area contributed by atoms with Gasteiger partial charge in [0.25, 0.3) is 5.69 Å². The van der Waals surface area contributed by atoms with E-state index in [2.05, 4.69) is 10.3 Å². The van der Waals surface area contributed by atoms with Gasteiger partial charge in [-0.1, -0.05) is 41.4 Å². The van der Waals surface area contributed by atoms with E-state index in [1.807, 2.05) is 0 Å². The second-order valence-electron chi connectivity index (χ2n) is 6.21. The quantitative estimate of drug-likeness (QED) is 0.473. The van der Waals surface area contributed by atoms with Gasteiger partial charge in [0.1, 0.15) is 0 Å². The number of nitrogens with one attached hydrogen (secondary N) is 1. The number of fused-ring (bicyclic) bond motifs is 1. The van der Waals surface area contributed by atoms with Crippen molar-refractivity contribution in [2.45, 2.75) is 6.92 Å². The Labute approximate surface area is 171 Å². The SMILES string of the molecule is Cc1cc(N(C)CC(=O)Nc2c(Cl)cccc2Cl)c2cccc([N+](=O)[O-])c2n1. The van der Waals surface area contributed by atoms with E-state index in [9.17, 15) is 14.9 Å². The van der Waals surface area contributed by atoms with Gasteiger partial charge in [0.05, 0.1) is 27.2 Å². The van der Waals surface area contributed by atoms with Gasteiger partial charge < -0.3 is 10.2 Å². The van der Waals surface area contributed by atoms with Crippen LogP contribution in [0, 0.1) is 17.0 Å². The van der Waals surface area contributed by atoms with Crippen molar-refractivity contribution in [3.05, 3.63) is 68.3 Å². The number of likely N-dealkylation sites (N-methyl/N-ethyl adjacent to an activating group) is 1. The second-order valence-corrected chi connectivity index (χ2v) is 7.03. The summed E-state index contributed by atoms with van der Waals surface area (Å²) in [5.41, 5.74) is 1.81. The molecule has 3 aromatic rings. The third-order valence-corrected chi connectivity index (χ3v) is 4.77. The minimum atomic E-state index is -0.468. The van der Waals surface area contributed by atoms with Crippen molar-refractivity contribution in [3.63, 3.8) is 0 Å².